The van der Waals surface area contributed by atoms with Crippen molar-refractivity contribution >= 4 is 16.8 Å². The van der Waals surface area contributed by atoms with Crippen LogP contribution < -0.4 is 11.2 Å². The number of rotatable bonds is 1. The molecule has 0 amide bonds. The van der Waals surface area contributed by atoms with Gasteiger partial charge in [0.05, 0.1) is 5.69 Å². The first-order valence-corrected chi connectivity index (χ1v) is 4.58. The average molecular weight is 214 g/mol. The van der Waals surface area contributed by atoms with Crippen LogP contribution in [0.25, 0.3) is 0 Å². The fourth-order valence-electron chi connectivity index (χ4n) is 1.26. The van der Waals surface area contributed by atoms with Crippen molar-refractivity contribution in [3.05, 3.63) is 24.0 Å². The van der Waals surface area contributed by atoms with Crippen LogP contribution in [-0.4, -0.2) is 34.8 Å². The minimum Gasteiger partial charge on any atom is -0.275 e. The highest BCUT2D eigenvalue weighted by Gasteiger charge is 2.32. The molecule has 1 unspecified atom stereocenters. The number of hydrogen-bond donors (Lipinski definition) is 2. The molecule has 0 spiro atoms. The molecule has 76 valence electrons. The summed E-state index contributed by atoms with van der Waals surface area (Å²) in [5, 5.41) is 0.407. The van der Waals surface area contributed by atoms with E-state index < -0.39 is 5.91 Å². The Balaban J connectivity index is 2.45. The first-order chi connectivity index (χ1) is 6.53. The molecule has 1 aromatic heterocycles. The van der Waals surface area contributed by atoms with Crippen LogP contribution in [0, 0.1) is 0 Å². The second-order valence-electron chi connectivity index (χ2n) is 3.40. The van der Waals surface area contributed by atoms with Gasteiger partial charge in [-0.05, 0) is 26.2 Å². The molecule has 0 bridgehead atoms. The fraction of sp³-hybridized carbons (Fsp3) is 0.375. The van der Waals surface area contributed by atoms with E-state index in [2.05, 4.69) is 10.4 Å². The minimum absolute atomic E-state index is 0.407. The molecule has 1 aliphatic heterocycles. The molecule has 2 rings (SSSR count). The summed E-state index contributed by atoms with van der Waals surface area (Å²) >= 11 is 6.00. The molecule has 1 aliphatic rings. The third kappa shape index (κ3) is 1.30. The molecule has 2 heterocycles. The van der Waals surface area contributed by atoms with Crippen LogP contribution in [0.4, 0.5) is 0 Å². The van der Waals surface area contributed by atoms with E-state index in [9.17, 15) is 0 Å². The van der Waals surface area contributed by atoms with E-state index in [0.717, 1.165) is 5.69 Å². The molecule has 6 heteroatoms. The van der Waals surface area contributed by atoms with Crippen molar-refractivity contribution < 1.29 is 0 Å². The molecule has 0 aromatic carbocycles. The summed E-state index contributed by atoms with van der Waals surface area (Å²) in [7, 11) is 3.66. The fourth-order valence-corrected chi connectivity index (χ4v) is 1.54. The Hall–Kier alpha value is -1.04. The first kappa shape index (κ1) is 9.51. The van der Waals surface area contributed by atoms with Gasteiger partial charge in [0.2, 0.25) is 0 Å². The van der Waals surface area contributed by atoms with Gasteiger partial charge in [-0.3, -0.25) is 20.7 Å². The number of nitrogens with zero attached hydrogens (tertiary/aromatic N) is 3. The van der Waals surface area contributed by atoms with Crippen molar-refractivity contribution in [1.29, 1.82) is 0 Å². The first-order valence-electron chi connectivity index (χ1n) is 4.20. The molecule has 5 nitrogen and oxygen atoms in total. The van der Waals surface area contributed by atoms with Gasteiger partial charge in [0.1, 0.15) is 0 Å². The van der Waals surface area contributed by atoms with Crippen LogP contribution in [0.1, 0.15) is 5.69 Å². The summed E-state index contributed by atoms with van der Waals surface area (Å²) in [5.41, 5.74) is 9.83. The van der Waals surface area contributed by atoms with E-state index in [1.807, 2.05) is 32.4 Å². The van der Waals surface area contributed by atoms with Crippen molar-refractivity contribution in [1.82, 2.24) is 9.58 Å². The number of hydrogen-bond acceptors (Lipinski definition) is 4. The number of fused-ring (bicyclic) bond motifs is 1. The Morgan fingerprint density at radius 1 is 1.64 bits per heavy atom. The second kappa shape index (κ2) is 2.98. The standard InChI is InChI=1S/C8H12ClN5/c1-13(2)8(10)11-7(9)6-4-3-5-14(6)12-8/h3-5,12H,10H2,1-2H3. The molecule has 1 aromatic rings. The Bertz CT molecular complexity index is 383. The second-order valence-corrected chi connectivity index (χ2v) is 3.76. The third-order valence-electron chi connectivity index (χ3n) is 2.20. The van der Waals surface area contributed by atoms with Crippen molar-refractivity contribution in [2.24, 2.45) is 10.7 Å². The van der Waals surface area contributed by atoms with Crippen LogP contribution >= 0.6 is 11.6 Å². The molecule has 14 heavy (non-hydrogen) atoms. The highest BCUT2D eigenvalue weighted by Crippen LogP contribution is 2.17. The zero-order valence-corrected chi connectivity index (χ0v) is 8.78. The highest BCUT2D eigenvalue weighted by atomic mass is 35.5. The van der Waals surface area contributed by atoms with Crippen molar-refractivity contribution in [3.63, 3.8) is 0 Å². The number of aliphatic imine (C=N–C) groups is 1. The average Bonchev–Trinajstić information content (AvgIpc) is 2.51. The molecular formula is C8H12ClN5. The maximum Gasteiger partial charge on any atom is 0.259 e. The predicted molar refractivity (Wildman–Crippen MR) is 56.8 cm³/mol. The lowest BCUT2D eigenvalue weighted by Crippen LogP contribution is -2.62. The van der Waals surface area contributed by atoms with E-state index in [-0.39, 0.29) is 0 Å². The van der Waals surface area contributed by atoms with Crippen LogP contribution in [0.2, 0.25) is 0 Å². The largest absolute Gasteiger partial charge is 0.275 e. The zero-order valence-electron chi connectivity index (χ0n) is 8.03. The minimum atomic E-state index is -0.983. The molecule has 0 saturated carbocycles. The van der Waals surface area contributed by atoms with Crippen LogP contribution in [0.5, 0.6) is 0 Å². The van der Waals surface area contributed by atoms with Gasteiger partial charge in [0, 0.05) is 6.20 Å². The highest BCUT2D eigenvalue weighted by molar-refractivity contribution is 6.69. The van der Waals surface area contributed by atoms with Gasteiger partial charge in [0.25, 0.3) is 5.91 Å². The van der Waals surface area contributed by atoms with Crippen LogP contribution in [-0.2, 0) is 0 Å². The third-order valence-corrected chi connectivity index (χ3v) is 2.47. The Morgan fingerprint density at radius 3 is 3.00 bits per heavy atom. The van der Waals surface area contributed by atoms with E-state index in [1.165, 1.54) is 0 Å². The van der Waals surface area contributed by atoms with Gasteiger partial charge in [-0.2, -0.15) is 0 Å². The summed E-state index contributed by atoms with van der Waals surface area (Å²) in [6.45, 7) is 0. The Morgan fingerprint density at radius 2 is 2.36 bits per heavy atom. The lowest BCUT2D eigenvalue weighted by molar-refractivity contribution is 0.181. The van der Waals surface area contributed by atoms with Crippen molar-refractivity contribution in [3.8, 4) is 0 Å². The zero-order chi connectivity index (χ0) is 10.3. The summed E-state index contributed by atoms with van der Waals surface area (Å²) in [4.78, 5) is 5.93. The normalized spacial score (nSPS) is 25.6. The van der Waals surface area contributed by atoms with Crippen LogP contribution in [0.3, 0.4) is 0 Å². The lowest BCUT2D eigenvalue weighted by atomic mass is 10.4. The van der Waals surface area contributed by atoms with Crippen LogP contribution in [0.15, 0.2) is 23.3 Å². The molecule has 0 fully saturated rings. The van der Waals surface area contributed by atoms with Gasteiger partial charge in [0.15, 0.2) is 5.17 Å². The van der Waals surface area contributed by atoms with Gasteiger partial charge in [-0.15, -0.1) is 0 Å². The predicted octanol–water partition coefficient (Wildman–Crippen LogP) is 0.162. The Labute approximate surface area is 87.1 Å². The molecule has 0 saturated heterocycles. The smallest absolute Gasteiger partial charge is 0.259 e. The summed E-state index contributed by atoms with van der Waals surface area (Å²) < 4.78 is 1.76. The van der Waals surface area contributed by atoms with Gasteiger partial charge < -0.3 is 0 Å². The molecular weight excluding hydrogens is 202 g/mol. The number of aromatic nitrogens is 1. The van der Waals surface area contributed by atoms with Gasteiger partial charge in [-0.1, -0.05) is 11.6 Å². The van der Waals surface area contributed by atoms with E-state index in [0.29, 0.717) is 5.17 Å². The Kier molecular flexibility index (Phi) is 2.02. The number of nitrogens with one attached hydrogen (secondary N) is 1. The molecule has 3 N–H and O–H groups in total. The van der Waals surface area contributed by atoms with E-state index in [1.54, 1.807) is 9.58 Å². The lowest BCUT2D eigenvalue weighted by Gasteiger charge is -2.37. The van der Waals surface area contributed by atoms with E-state index in [4.69, 9.17) is 17.3 Å². The maximum absolute atomic E-state index is 6.00. The SMILES string of the molecule is CN(C)C1(N)N=C(Cl)c2cccn2N1. The van der Waals surface area contributed by atoms with Gasteiger partial charge in [-0.25, -0.2) is 4.99 Å². The summed E-state index contributed by atoms with van der Waals surface area (Å²) in [6.07, 6.45) is 1.84. The van der Waals surface area contributed by atoms with Crippen molar-refractivity contribution in [2.45, 2.75) is 5.91 Å². The van der Waals surface area contributed by atoms with Gasteiger partial charge >= 0.3 is 0 Å². The summed E-state index contributed by atoms with van der Waals surface area (Å²) in [6, 6.07) is 3.75. The number of nitrogens with two attached hydrogens (primary N) is 1. The quantitative estimate of drug-likeness (QED) is 0.654. The number of halogens is 1. The van der Waals surface area contributed by atoms with E-state index >= 15 is 0 Å². The molecule has 1 atom stereocenters. The topological polar surface area (TPSA) is 58.6 Å². The molecule has 0 aliphatic carbocycles. The molecule has 0 radical (unpaired) electrons. The maximum atomic E-state index is 6.00. The summed E-state index contributed by atoms with van der Waals surface area (Å²) in [5.74, 6) is -0.983. The monoisotopic (exact) mass is 213 g/mol. The van der Waals surface area contributed by atoms with Crippen molar-refractivity contribution in [2.75, 3.05) is 19.5 Å².